The third-order valence-corrected chi connectivity index (χ3v) is 5.00. The van der Waals surface area contributed by atoms with Gasteiger partial charge in [-0.15, -0.1) is 0 Å². The van der Waals surface area contributed by atoms with Gasteiger partial charge in [0.25, 0.3) is 10.0 Å². The van der Waals surface area contributed by atoms with Crippen molar-refractivity contribution in [2.45, 2.75) is 50.5 Å². The van der Waals surface area contributed by atoms with Crippen LogP contribution in [0, 0.1) is 0 Å². The third-order valence-electron chi connectivity index (χ3n) is 3.17. The Labute approximate surface area is 121 Å². The first-order valence-corrected chi connectivity index (χ1v) is 8.67. The molecule has 20 heavy (non-hydrogen) atoms. The highest BCUT2D eigenvalue weighted by Crippen LogP contribution is 2.14. The number of aromatic nitrogens is 2. The summed E-state index contributed by atoms with van der Waals surface area (Å²) < 4.78 is 26.2. The van der Waals surface area contributed by atoms with Crippen LogP contribution < -0.4 is 0 Å². The first kappa shape index (κ1) is 17.1. The van der Waals surface area contributed by atoms with Crippen LogP contribution in [0.3, 0.4) is 0 Å². The number of aliphatic hydroxyl groups excluding tert-OH is 1. The van der Waals surface area contributed by atoms with Gasteiger partial charge in [-0.25, -0.2) is 8.42 Å². The van der Waals surface area contributed by atoms with Crippen LogP contribution in [-0.4, -0.2) is 47.7 Å². The van der Waals surface area contributed by atoms with Gasteiger partial charge in [-0.1, -0.05) is 32.6 Å². The van der Waals surface area contributed by atoms with E-state index < -0.39 is 10.0 Å². The van der Waals surface area contributed by atoms with Gasteiger partial charge in [0, 0.05) is 19.7 Å². The van der Waals surface area contributed by atoms with Gasteiger partial charge in [0.05, 0.1) is 6.20 Å². The number of sulfonamides is 1. The fraction of sp³-hybridized carbons (Fsp3) is 0.769. The summed E-state index contributed by atoms with van der Waals surface area (Å²) in [5.74, 6) is 0. The maximum absolute atomic E-state index is 12.4. The van der Waals surface area contributed by atoms with Crippen LogP contribution in [0.25, 0.3) is 0 Å². The molecule has 2 N–H and O–H groups in total. The molecule has 116 valence electrons. The number of aromatic amines is 1. The van der Waals surface area contributed by atoms with Crippen molar-refractivity contribution in [3.05, 3.63) is 12.3 Å². The molecule has 7 heteroatoms. The van der Waals surface area contributed by atoms with Crippen molar-refractivity contribution in [2.75, 3.05) is 19.7 Å². The molecule has 0 aliphatic heterocycles. The molecule has 0 aliphatic rings. The summed E-state index contributed by atoms with van der Waals surface area (Å²) in [6, 6.07) is 1.46. The van der Waals surface area contributed by atoms with Crippen molar-refractivity contribution >= 4 is 10.0 Å². The SMILES string of the molecule is CCCCCCCN(CCCO)S(=O)(=O)c1ccn[nH]1. The van der Waals surface area contributed by atoms with Crippen molar-refractivity contribution in [3.8, 4) is 0 Å². The summed E-state index contributed by atoms with van der Waals surface area (Å²) in [6.07, 6.45) is 7.24. The summed E-state index contributed by atoms with van der Waals surface area (Å²) >= 11 is 0. The predicted molar refractivity (Wildman–Crippen MR) is 77.8 cm³/mol. The third kappa shape index (κ3) is 5.22. The minimum Gasteiger partial charge on any atom is -0.396 e. The standard InChI is InChI=1S/C13H25N3O3S/c1-2-3-4-5-6-10-16(11-7-12-17)20(18,19)13-8-9-14-15-13/h8-9,17H,2-7,10-12H2,1H3,(H,14,15). The number of hydrogen-bond acceptors (Lipinski definition) is 4. The van der Waals surface area contributed by atoms with Gasteiger partial charge in [-0.2, -0.15) is 9.40 Å². The quantitative estimate of drug-likeness (QED) is 0.610. The van der Waals surface area contributed by atoms with Crippen LogP contribution in [0.4, 0.5) is 0 Å². The average Bonchev–Trinajstić information content (AvgIpc) is 2.96. The topological polar surface area (TPSA) is 86.3 Å². The Bertz CT molecular complexity index is 445. The second-order valence-corrected chi connectivity index (χ2v) is 6.72. The molecule has 0 unspecified atom stereocenters. The van der Waals surface area contributed by atoms with E-state index in [0.717, 1.165) is 19.3 Å². The van der Waals surface area contributed by atoms with E-state index in [1.54, 1.807) is 0 Å². The minimum atomic E-state index is -3.52. The van der Waals surface area contributed by atoms with Gasteiger partial charge in [0.15, 0.2) is 5.03 Å². The van der Waals surface area contributed by atoms with Crippen molar-refractivity contribution in [2.24, 2.45) is 0 Å². The Morgan fingerprint density at radius 2 is 1.90 bits per heavy atom. The van der Waals surface area contributed by atoms with Gasteiger partial charge < -0.3 is 5.11 Å². The van der Waals surface area contributed by atoms with Gasteiger partial charge in [-0.05, 0) is 18.9 Å². The van der Waals surface area contributed by atoms with Crippen LogP contribution in [0.5, 0.6) is 0 Å². The summed E-state index contributed by atoms with van der Waals surface area (Å²) in [6.45, 7) is 2.97. The number of nitrogens with zero attached hydrogens (tertiary/aromatic N) is 2. The zero-order chi connectivity index (χ0) is 14.8. The molecule has 6 nitrogen and oxygen atoms in total. The molecule has 1 rings (SSSR count). The van der Waals surface area contributed by atoms with E-state index in [1.807, 2.05) is 0 Å². The fourth-order valence-corrected chi connectivity index (χ4v) is 3.43. The Balaban J connectivity index is 2.59. The second-order valence-electron chi connectivity index (χ2n) is 4.82. The van der Waals surface area contributed by atoms with Crippen LogP contribution in [0.15, 0.2) is 17.3 Å². The molecule has 0 radical (unpaired) electrons. The van der Waals surface area contributed by atoms with Crippen LogP contribution in [0.1, 0.15) is 45.4 Å². The normalized spacial score (nSPS) is 12.2. The highest BCUT2D eigenvalue weighted by atomic mass is 32.2. The van der Waals surface area contributed by atoms with Gasteiger partial charge in [0.1, 0.15) is 0 Å². The second kappa shape index (κ2) is 9.10. The highest BCUT2D eigenvalue weighted by Gasteiger charge is 2.24. The number of H-pyrrole nitrogens is 1. The molecule has 0 aromatic carbocycles. The molecule has 0 aliphatic carbocycles. The average molecular weight is 303 g/mol. The van der Waals surface area contributed by atoms with E-state index >= 15 is 0 Å². The molecule has 0 saturated heterocycles. The zero-order valence-electron chi connectivity index (χ0n) is 12.1. The van der Waals surface area contributed by atoms with Crippen LogP contribution in [0.2, 0.25) is 0 Å². The molecule has 0 bridgehead atoms. The van der Waals surface area contributed by atoms with E-state index in [0.29, 0.717) is 19.5 Å². The van der Waals surface area contributed by atoms with Crippen molar-refractivity contribution < 1.29 is 13.5 Å². The van der Waals surface area contributed by atoms with Crippen molar-refractivity contribution in [3.63, 3.8) is 0 Å². The molecule has 0 amide bonds. The van der Waals surface area contributed by atoms with Gasteiger partial charge in [0.2, 0.25) is 0 Å². The predicted octanol–water partition coefficient (Wildman–Crippen LogP) is 1.75. The summed E-state index contributed by atoms with van der Waals surface area (Å²) in [4.78, 5) is 0. The number of unbranched alkanes of at least 4 members (excludes halogenated alkanes) is 4. The maximum atomic E-state index is 12.4. The number of nitrogens with one attached hydrogen (secondary N) is 1. The molecule has 1 aromatic heterocycles. The first-order valence-electron chi connectivity index (χ1n) is 7.23. The van der Waals surface area contributed by atoms with Gasteiger partial charge in [-0.3, -0.25) is 5.10 Å². The lowest BCUT2D eigenvalue weighted by atomic mass is 10.1. The van der Waals surface area contributed by atoms with E-state index in [2.05, 4.69) is 17.1 Å². The summed E-state index contributed by atoms with van der Waals surface area (Å²) in [5.41, 5.74) is 0. The molecular weight excluding hydrogens is 278 g/mol. The van der Waals surface area contributed by atoms with E-state index in [9.17, 15) is 8.42 Å². The summed E-state index contributed by atoms with van der Waals surface area (Å²) in [7, 11) is -3.52. The van der Waals surface area contributed by atoms with E-state index in [4.69, 9.17) is 5.11 Å². The van der Waals surface area contributed by atoms with E-state index in [1.165, 1.54) is 29.4 Å². The Morgan fingerprint density at radius 1 is 1.20 bits per heavy atom. The zero-order valence-corrected chi connectivity index (χ0v) is 12.9. The highest BCUT2D eigenvalue weighted by molar-refractivity contribution is 7.89. The van der Waals surface area contributed by atoms with Crippen LogP contribution >= 0.6 is 0 Å². The van der Waals surface area contributed by atoms with Crippen molar-refractivity contribution in [1.82, 2.24) is 14.5 Å². The van der Waals surface area contributed by atoms with Crippen molar-refractivity contribution in [1.29, 1.82) is 0 Å². The lowest BCUT2D eigenvalue weighted by Crippen LogP contribution is -2.33. The molecule has 0 saturated carbocycles. The fourth-order valence-electron chi connectivity index (χ4n) is 2.02. The number of rotatable bonds is 11. The minimum absolute atomic E-state index is 0.00910. The maximum Gasteiger partial charge on any atom is 0.259 e. The lowest BCUT2D eigenvalue weighted by Gasteiger charge is -2.20. The molecule has 0 fully saturated rings. The number of aliphatic hydroxyl groups is 1. The largest absolute Gasteiger partial charge is 0.396 e. The molecule has 1 heterocycles. The monoisotopic (exact) mass is 303 g/mol. The molecule has 0 atom stereocenters. The van der Waals surface area contributed by atoms with Gasteiger partial charge >= 0.3 is 0 Å². The Hall–Kier alpha value is -0.920. The molecule has 1 aromatic rings. The Kier molecular flexibility index (Phi) is 7.79. The molecular formula is C13H25N3O3S. The molecule has 0 spiro atoms. The number of hydrogen-bond donors (Lipinski definition) is 2. The lowest BCUT2D eigenvalue weighted by molar-refractivity contribution is 0.267. The van der Waals surface area contributed by atoms with Crippen LogP contribution in [-0.2, 0) is 10.0 Å². The summed E-state index contributed by atoms with van der Waals surface area (Å²) in [5, 5.41) is 15.2. The van der Waals surface area contributed by atoms with E-state index in [-0.39, 0.29) is 11.6 Å². The Morgan fingerprint density at radius 3 is 2.50 bits per heavy atom. The first-order chi connectivity index (χ1) is 9.62. The smallest absolute Gasteiger partial charge is 0.259 e.